The van der Waals surface area contributed by atoms with Crippen molar-refractivity contribution in [1.29, 1.82) is 0 Å². The molecule has 0 aliphatic carbocycles. The Balaban J connectivity index is 2.56. The number of hydrogen-bond donors (Lipinski definition) is 1. The Kier molecular flexibility index (Phi) is 5.29. The Labute approximate surface area is 96.7 Å². The lowest BCUT2D eigenvalue weighted by atomic mass is 10.0. The highest BCUT2D eigenvalue weighted by Crippen LogP contribution is 2.27. The molecule has 0 saturated carbocycles. The van der Waals surface area contributed by atoms with E-state index in [9.17, 15) is 0 Å². The number of rotatable bonds is 6. The first kappa shape index (κ1) is 12.7. The first-order chi connectivity index (χ1) is 7.17. The summed E-state index contributed by atoms with van der Waals surface area (Å²) in [5, 5.41) is 3.38. The molecule has 1 aromatic heterocycles. The fraction of sp³-hybridized carbons (Fsp3) is 0.667. The molecule has 15 heavy (non-hydrogen) atoms. The smallest absolute Gasteiger partial charge is 0.0488 e. The van der Waals surface area contributed by atoms with Gasteiger partial charge in [-0.25, -0.2) is 0 Å². The molecule has 0 saturated heterocycles. The van der Waals surface area contributed by atoms with E-state index >= 15 is 0 Å². The molecule has 0 fully saturated rings. The van der Waals surface area contributed by atoms with Crippen LogP contribution in [0.2, 0.25) is 0 Å². The van der Waals surface area contributed by atoms with Gasteiger partial charge in [0.2, 0.25) is 0 Å². The Bertz CT molecular complexity index is 285. The summed E-state index contributed by atoms with van der Waals surface area (Å²) < 4.78 is 5.17. The van der Waals surface area contributed by atoms with Gasteiger partial charge in [0.15, 0.2) is 0 Å². The Morgan fingerprint density at radius 3 is 2.67 bits per heavy atom. The minimum atomic E-state index is 0.467. The van der Waals surface area contributed by atoms with E-state index in [4.69, 9.17) is 4.74 Å². The van der Waals surface area contributed by atoms with E-state index in [1.165, 1.54) is 9.75 Å². The van der Waals surface area contributed by atoms with Crippen molar-refractivity contribution in [2.24, 2.45) is 5.92 Å². The number of ether oxygens (including phenoxy) is 1. The quantitative estimate of drug-likeness (QED) is 0.806. The zero-order valence-corrected chi connectivity index (χ0v) is 10.9. The molecule has 1 N–H and O–H groups in total. The van der Waals surface area contributed by atoms with Gasteiger partial charge in [0.25, 0.3) is 0 Å². The fourth-order valence-corrected chi connectivity index (χ4v) is 2.77. The minimum Gasteiger partial charge on any atom is -0.384 e. The van der Waals surface area contributed by atoms with E-state index in [0.717, 1.165) is 13.0 Å². The van der Waals surface area contributed by atoms with Gasteiger partial charge in [-0.1, -0.05) is 6.92 Å². The molecule has 2 atom stereocenters. The third kappa shape index (κ3) is 3.93. The van der Waals surface area contributed by atoms with Crippen LogP contribution in [0.3, 0.4) is 0 Å². The second-order valence-corrected chi connectivity index (χ2v) is 5.41. The van der Waals surface area contributed by atoms with Gasteiger partial charge in [-0.3, -0.25) is 0 Å². The highest BCUT2D eigenvalue weighted by atomic mass is 32.1. The SMILES string of the molecule is CNC(CC(C)COC)c1ccc(C)s1. The van der Waals surface area contributed by atoms with Gasteiger partial charge in [0, 0.05) is 29.5 Å². The standard InChI is InChI=1S/C12H21NOS/c1-9(8-14-4)7-11(13-3)12-6-5-10(2)15-12/h5-6,9,11,13H,7-8H2,1-4H3. The number of aryl methyl sites for hydroxylation is 1. The Hall–Kier alpha value is -0.380. The average Bonchev–Trinajstić information content (AvgIpc) is 2.61. The first-order valence-corrected chi connectivity index (χ1v) is 6.21. The normalized spacial score (nSPS) is 15.2. The van der Waals surface area contributed by atoms with E-state index in [0.29, 0.717) is 12.0 Å². The van der Waals surface area contributed by atoms with Crippen LogP contribution in [0.5, 0.6) is 0 Å². The van der Waals surface area contributed by atoms with Crippen molar-refractivity contribution in [3.05, 3.63) is 21.9 Å². The molecule has 86 valence electrons. The number of nitrogens with one attached hydrogen (secondary N) is 1. The van der Waals surface area contributed by atoms with Crippen LogP contribution >= 0.6 is 11.3 Å². The summed E-state index contributed by atoms with van der Waals surface area (Å²) in [6, 6.07) is 4.88. The lowest BCUT2D eigenvalue weighted by Gasteiger charge is -2.18. The minimum absolute atomic E-state index is 0.467. The maximum atomic E-state index is 5.17. The van der Waals surface area contributed by atoms with Crippen LogP contribution in [-0.4, -0.2) is 20.8 Å². The van der Waals surface area contributed by atoms with Gasteiger partial charge in [-0.2, -0.15) is 0 Å². The number of methoxy groups -OCH3 is 1. The zero-order valence-electron chi connectivity index (χ0n) is 10.0. The van der Waals surface area contributed by atoms with Gasteiger partial charge in [0.05, 0.1) is 0 Å². The van der Waals surface area contributed by atoms with Crippen LogP contribution < -0.4 is 5.32 Å². The fourth-order valence-electron chi connectivity index (χ4n) is 1.77. The zero-order chi connectivity index (χ0) is 11.3. The molecule has 0 amide bonds. The summed E-state index contributed by atoms with van der Waals surface area (Å²) in [5.41, 5.74) is 0. The monoisotopic (exact) mass is 227 g/mol. The number of thiophene rings is 1. The van der Waals surface area contributed by atoms with Crippen molar-refractivity contribution in [2.45, 2.75) is 26.3 Å². The summed E-state index contributed by atoms with van der Waals surface area (Å²) in [4.78, 5) is 2.81. The summed E-state index contributed by atoms with van der Waals surface area (Å²) in [6.07, 6.45) is 1.13. The Morgan fingerprint density at radius 2 is 2.20 bits per heavy atom. The van der Waals surface area contributed by atoms with Crippen LogP contribution in [0.4, 0.5) is 0 Å². The van der Waals surface area contributed by atoms with Gasteiger partial charge >= 0.3 is 0 Å². The van der Waals surface area contributed by atoms with Crippen LogP contribution in [0.15, 0.2) is 12.1 Å². The molecule has 2 nitrogen and oxygen atoms in total. The molecule has 1 heterocycles. The number of hydrogen-bond acceptors (Lipinski definition) is 3. The molecule has 0 aliphatic rings. The predicted octanol–water partition coefficient (Wildman–Crippen LogP) is 2.99. The lowest BCUT2D eigenvalue weighted by Crippen LogP contribution is -2.19. The van der Waals surface area contributed by atoms with E-state index in [1.807, 2.05) is 18.4 Å². The van der Waals surface area contributed by atoms with Crippen molar-refractivity contribution >= 4 is 11.3 Å². The van der Waals surface area contributed by atoms with Crippen molar-refractivity contribution in [2.75, 3.05) is 20.8 Å². The maximum absolute atomic E-state index is 5.17. The molecule has 1 rings (SSSR count). The van der Waals surface area contributed by atoms with E-state index < -0.39 is 0 Å². The van der Waals surface area contributed by atoms with Crippen LogP contribution in [0.25, 0.3) is 0 Å². The van der Waals surface area contributed by atoms with Crippen molar-refractivity contribution in [3.8, 4) is 0 Å². The van der Waals surface area contributed by atoms with Gasteiger partial charge in [-0.15, -0.1) is 11.3 Å². The van der Waals surface area contributed by atoms with Gasteiger partial charge < -0.3 is 10.1 Å². The van der Waals surface area contributed by atoms with Crippen molar-refractivity contribution < 1.29 is 4.74 Å². The molecule has 0 radical (unpaired) electrons. The molecule has 0 aromatic carbocycles. The van der Waals surface area contributed by atoms with Crippen molar-refractivity contribution in [3.63, 3.8) is 0 Å². The van der Waals surface area contributed by atoms with Gasteiger partial charge in [-0.05, 0) is 38.4 Å². The molecule has 2 unspecified atom stereocenters. The highest BCUT2D eigenvalue weighted by molar-refractivity contribution is 7.12. The molecular weight excluding hydrogens is 206 g/mol. The second kappa shape index (κ2) is 6.26. The third-order valence-corrected chi connectivity index (χ3v) is 3.66. The van der Waals surface area contributed by atoms with Crippen LogP contribution in [0, 0.1) is 12.8 Å². The predicted molar refractivity (Wildman–Crippen MR) is 66.5 cm³/mol. The largest absolute Gasteiger partial charge is 0.384 e. The molecule has 1 aromatic rings. The summed E-state index contributed by atoms with van der Waals surface area (Å²) in [5.74, 6) is 0.592. The van der Waals surface area contributed by atoms with E-state index in [2.05, 4.69) is 31.3 Å². The van der Waals surface area contributed by atoms with Gasteiger partial charge in [0.1, 0.15) is 0 Å². The maximum Gasteiger partial charge on any atom is 0.0488 e. The molecule has 0 bridgehead atoms. The third-order valence-electron chi connectivity index (χ3n) is 2.54. The summed E-state index contributed by atoms with van der Waals surface area (Å²) >= 11 is 1.88. The highest BCUT2D eigenvalue weighted by Gasteiger charge is 2.14. The summed E-state index contributed by atoms with van der Waals surface area (Å²) in [6.45, 7) is 5.22. The lowest BCUT2D eigenvalue weighted by molar-refractivity contribution is 0.150. The molecule has 0 spiro atoms. The average molecular weight is 227 g/mol. The second-order valence-electron chi connectivity index (χ2n) is 4.09. The summed E-state index contributed by atoms with van der Waals surface area (Å²) in [7, 11) is 3.79. The molecular formula is C12H21NOS. The topological polar surface area (TPSA) is 21.3 Å². The Morgan fingerprint density at radius 1 is 1.47 bits per heavy atom. The molecule has 0 aliphatic heterocycles. The van der Waals surface area contributed by atoms with E-state index in [-0.39, 0.29) is 0 Å². The van der Waals surface area contributed by atoms with E-state index in [1.54, 1.807) is 7.11 Å². The first-order valence-electron chi connectivity index (χ1n) is 5.40. The molecule has 3 heteroatoms. The van der Waals surface area contributed by atoms with Crippen LogP contribution in [0.1, 0.15) is 29.1 Å². The van der Waals surface area contributed by atoms with Crippen molar-refractivity contribution in [1.82, 2.24) is 5.32 Å². The van der Waals surface area contributed by atoms with Crippen LogP contribution in [-0.2, 0) is 4.74 Å².